The molecule has 4 rings (SSSR count). The van der Waals surface area contributed by atoms with Gasteiger partial charge in [-0.15, -0.1) is 0 Å². The van der Waals surface area contributed by atoms with Crippen LogP contribution in [0.5, 0.6) is 0 Å². The fourth-order valence-corrected chi connectivity index (χ4v) is 5.16. The fourth-order valence-electron chi connectivity index (χ4n) is 5.16. The van der Waals surface area contributed by atoms with Crippen molar-refractivity contribution in [3.8, 4) is 0 Å². The van der Waals surface area contributed by atoms with Gasteiger partial charge in [0.25, 0.3) is 5.91 Å². The molecule has 2 aromatic carbocycles. The smallest absolute Gasteiger partial charge is 0.383 e. The van der Waals surface area contributed by atoms with Crippen LogP contribution in [0.1, 0.15) is 53.1 Å². The number of carbonyl (C=O) groups excluding carboxylic acids is 2. The molecule has 1 fully saturated rings. The molecule has 0 bridgehead atoms. The van der Waals surface area contributed by atoms with Crippen LogP contribution in [0.25, 0.3) is 0 Å². The highest BCUT2D eigenvalue weighted by molar-refractivity contribution is 6.05. The van der Waals surface area contributed by atoms with Gasteiger partial charge in [0.2, 0.25) is 5.91 Å². The molecule has 0 saturated heterocycles. The fraction of sp³-hybridized carbons (Fsp3) is 0.417. The number of carbonyl (C=O) groups is 2. The van der Waals surface area contributed by atoms with Crippen molar-refractivity contribution in [2.24, 2.45) is 0 Å². The first kappa shape index (κ1) is 22.3. The number of alkyl halides is 3. The SMILES string of the molecule is COCCN1C(=O)c2ccccc2[C@@H](C(=O)Nc2cccc(C(F)(F)F)c2)C12CCCC2. The van der Waals surface area contributed by atoms with Crippen LogP contribution >= 0.6 is 0 Å². The predicted octanol–water partition coefficient (Wildman–Crippen LogP) is 4.84. The molecule has 8 heteroatoms. The van der Waals surface area contributed by atoms with E-state index in [1.807, 2.05) is 0 Å². The lowest BCUT2D eigenvalue weighted by atomic mass is 9.71. The van der Waals surface area contributed by atoms with Crippen molar-refractivity contribution in [1.29, 1.82) is 0 Å². The van der Waals surface area contributed by atoms with E-state index in [0.29, 0.717) is 37.1 Å². The average Bonchev–Trinajstić information content (AvgIpc) is 3.23. The van der Waals surface area contributed by atoms with Crippen molar-refractivity contribution in [3.05, 3.63) is 65.2 Å². The quantitative estimate of drug-likeness (QED) is 0.715. The van der Waals surface area contributed by atoms with Crippen LogP contribution in [0, 0.1) is 0 Å². The summed E-state index contributed by atoms with van der Waals surface area (Å²) in [6.07, 6.45) is -1.47. The molecule has 1 atom stereocenters. The van der Waals surface area contributed by atoms with E-state index in [4.69, 9.17) is 4.74 Å². The molecule has 1 aliphatic heterocycles. The monoisotopic (exact) mass is 446 g/mol. The number of benzene rings is 2. The summed E-state index contributed by atoms with van der Waals surface area (Å²) in [6, 6.07) is 11.6. The number of amides is 2. The number of halogens is 3. The molecule has 1 saturated carbocycles. The zero-order chi connectivity index (χ0) is 22.9. The molecule has 1 aliphatic carbocycles. The number of anilines is 1. The summed E-state index contributed by atoms with van der Waals surface area (Å²) in [4.78, 5) is 28.7. The van der Waals surface area contributed by atoms with E-state index in [0.717, 1.165) is 25.0 Å². The molecular formula is C24H25F3N2O3. The van der Waals surface area contributed by atoms with Gasteiger partial charge in [-0.25, -0.2) is 0 Å². The first-order chi connectivity index (χ1) is 15.3. The summed E-state index contributed by atoms with van der Waals surface area (Å²) < 4.78 is 44.6. The molecule has 0 aromatic heterocycles. The first-order valence-corrected chi connectivity index (χ1v) is 10.7. The molecule has 5 nitrogen and oxygen atoms in total. The minimum absolute atomic E-state index is 0.0794. The van der Waals surface area contributed by atoms with Gasteiger partial charge < -0.3 is 15.0 Å². The lowest BCUT2D eigenvalue weighted by molar-refractivity contribution is -0.137. The van der Waals surface area contributed by atoms with E-state index in [1.54, 1.807) is 36.3 Å². The summed E-state index contributed by atoms with van der Waals surface area (Å²) in [5.41, 5.74) is -0.402. The normalized spacial score (nSPS) is 19.8. The number of methoxy groups -OCH3 is 1. The molecule has 0 unspecified atom stereocenters. The maximum absolute atomic E-state index is 13.6. The third kappa shape index (κ3) is 3.88. The molecule has 0 radical (unpaired) electrons. The van der Waals surface area contributed by atoms with Crippen LogP contribution in [0.2, 0.25) is 0 Å². The highest BCUT2D eigenvalue weighted by Gasteiger charge is 2.55. The minimum Gasteiger partial charge on any atom is -0.383 e. The van der Waals surface area contributed by atoms with E-state index in [-0.39, 0.29) is 11.6 Å². The Hall–Kier alpha value is -2.87. The molecule has 2 aliphatic rings. The topological polar surface area (TPSA) is 58.6 Å². The van der Waals surface area contributed by atoms with Crippen molar-refractivity contribution in [1.82, 2.24) is 4.90 Å². The zero-order valence-corrected chi connectivity index (χ0v) is 17.7. The van der Waals surface area contributed by atoms with E-state index < -0.39 is 29.1 Å². The summed E-state index contributed by atoms with van der Waals surface area (Å²) in [7, 11) is 1.56. The van der Waals surface area contributed by atoms with E-state index in [9.17, 15) is 22.8 Å². The molecule has 32 heavy (non-hydrogen) atoms. The predicted molar refractivity (Wildman–Crippen MR) is 113 cm³/mol. The van der Waals surface area contributed by atoms with Gasteiger partial charge >= 0.3 is 6.18 Å². The lowest BCUT2D eigenvalue weighted by Gasteiger charge is -2.50. The Morgan fingerprint density at radius 2 is 1.88 bits per heavy atom. The Morgan fingerprint density at radius 3 is 2.56 bits per heavy atom. The third-order valence-corrected chi connectivity index (χ3v) is 6.53. The molecule has 2 amide bonds. The molecule has 1 N–H and O–H groups in total. The van der Waals surface area contributed by atoms with Gasteiger partial charge in [-0.3, -0.25) is 9.59 Å². The van der Waals surface area contributed by atoms with Gasteiger partial charge in [0.05, 0.1) is 23.6 Å². The van der Waals surface area contributed by atoms with Crippen molar-refractivity contribution in [2.45, 2.75) is 43.3 Å². The highest BCUT2D eigenvalue weighted by Crippen LogP contribution is 2.50. The Labute approximate surface area is 184 Å². The first-order valence-electron chi connectivity index (χ1n) is 10.7. The number of nitrogens with zero attached hydrogens (tertiary/aromatic N) is 1. The molecule has 170 valence electrons. The number of hydrogen-bond acceptors (Lipinski definition) is 3. The van der Waals surface area contributed by atoms with Gasteiger partial charge in [-0.2, -0.15) is 13.2 Å². The second-order valence-electron chi connectivity index (χ2n) is 8.35. The van der Waals surface area contributed by atoms with Crippen molar-refractivity contribution >= 4 is 17.5 Å². The van der Waals surface area contributed by atoms with E-state index >= 15 is 0 Å². The Bertz CT molecular complexity index is 1020. The molecule has 2 aromatic rings. The Morgan fingerprint density at radius 1 is 1.16 bits per heavy atom. The number of ether oxygens (including phenoxy) is 1. The van der Waals surface area contributed by atoms with Gasteiger partial charge in [0, 0.05) is 24.9 Å². The van der Waals surface area contributed by atoms with Crippen molar-refractivity contribution in [2.75, 3.05) is 25.6 Å². The third-order valence-electron chi connectivity index (χ3n) is 6.53. The van der Waals surface area contributed by atoms with Crippen LogP contribution in [-0.4, -0.2) is 42.5 Å². The van der Waals surface area contributed by atoms with E-state index in [2.05, 4.69) is 5.32 Å². The number of nitrogens with one attached hydrogen (secondary N) is 1. The maximum Gasteiger partial charge on any atom is 0.416 e. The summed E-state index contributed by atoms with van der Waals surface area (Å²) >= 11 is 0. The lowest BCUT2D eigenvalue weighted by Crippen LogP contribution is -2.60. The van der Waals surface area contributed by atoms with Crippen LogP contribution in [0.4, 0.5) is 18.9 Å². The Balaban J connectivity index is 1.75. The van der Waals surface area contributed by atoms with Crippen LogP contribution < -0.4 is 5.32 Å². The molecular weight excluding hydrogens is 421 g/mol. The van der Waals surface area contributed by atoms with Crippen LogP contribution in [0.3, 0.4) is 0 Å². The largest absolute Gasteiger partial charge is 0.416 e. The maximum atomic E-state index is 13.6. The van der Waals surface area contributed by atoms with Crippen molar-refractivity contribution < 1.29 is 27.5 Å². The van der Waals surface area contributed by atoms with Crippen molar-refractivity contribution in [3.63, 3.8) is 0 Å². The van der Waals surface area contributed by atoms with Gasteiger partial charge in [0.15, 0.2) is 0 Å². The van der Waals surface area contributed by atoms with Gasteiger partial charge in [-0.1, -0.05) is 37.1 Å². The molecule has 1 heterocycles. The second-order valence-corrected chi connectivity index (χ2v) is 8.35. The molecule has 1 spiro atoms. The average molecular weight is 446 g/mol. The van der Waals surface area contributed by atoms with Gasteiger partial charge in [0.1, 0.15) is 0 Å². The summed E-state index contributed by atoms with van der Waals surface area (Å²) in [6.45, 7) is 0.675. The summed E-state index contributed by atoms with van der Waals surface area (Å²) in [5.74, 6) is -1.23. The van der Waals surface area contributed by atoms with Gasteiger partial charge in [-0.05, 0) is 42.7 Å². The second kappa shape index (κ2) is 8.58. The Kier molecular flexibility index (Phi) is 5.99. The summed E-state index contributed by atoms with van der Waals surface area (Å²) in [5, 5.41) is 2.70. The van der Waals surface area contributed by atoms with Crippen LogP contribution in [0.15, 0.2) is 48.5 Å². The minimum atomic E-state index is -4.51. The number of rotatable bonds is 5. The standard InChI is InChI=1S/C24H25F3N2O3/c1-32-14-13-29-22(31)19-10-3-2-9-18(19)20(23(29)11-4-5-12-23)21(30)28-17-8-6-7-16(15-17)24(25,26)27/h2-3,6-10,15,20H,4-5,11-14H2,1H3,(H,28,30)/t20-/m0/s1. The highest BCUT2D eigenvalue weighted by atomic mass is 19.4. The van der Waals surface area contributed by atoms with E-state index in [1.165, 1.54) is 12.1 Å². The number of hydrogen-bond donors (Lipinski definition) is 1. The van der Waals surface area contributed by atoms with Crippen LogP contribution in [-0.2, 0) is 15.7 Å². The number of fused-ring (bicyclic) bond motifs is 1. The zero-order valence-electron chi connectivity index (χ0n) is 17.7.